The van der Waals surface area contributed by atoms with Gasteiger partial charge in [0.15, 0.2) is 0 Å². The van der Waals surface area contributed by atoms with E-state index in [-0.39, 0.29) is 18.0 Å². The summed E-state index contributed by atoms with van der Waals surface area (Å²) < 4.78 is 5.36. The second-order valence-electron chi connectivity index (χ2n) is 6.28. The molecule has 0 radical (unpaired) electrons. The number of benzene rings is 2. The summed E-state index contributed by atoms with van der Waals surface area (Å²) in [4.78, 5) is 13.9. The van der Waals surface area contributed by atoms with E-state index in [0.29, 0.717) is 5.56 Å². The van der Waals surface area contributed by atoms with E-state index in [1.807, 2.05) is 35.2 Å². The van der Waals surface area contributed by atoms with Crippen molar-refractivity contribution in [2.75, 3.05) is 17.3 Å². The molecule has 5 nitrogen and oxygen atoms in total. The van der Waals surface area contributed by atoms with E-state index >= 15 is 0 Å². The smallest absolute Gasteiger partial charge is 0.224 e. The zero-order valence-electron chi connectivity index (χ0n) is 14.6. The maximum Gasteiger partial charge on any atom is 0.224 e. The van der Waals surface area contributed by atoms with Crippen LogP contribution in [0.3, 0.4) is 0 Å². The lowest BCUT2D eigenvalue weighted by atomic mass is 9.91. The van der Waals surface area contributed by atoms with Gasteiger partial charge >= 0.3 is 0 Å². The number of nitrogens with zero attached hydrogens (tertiary/aromatic N) is 2. The number of methoxy groups -OCH3 is 1. The monoisotopic (exact) mass is 335 g/mol. The van der Waals surface area contributed by atoms with Crippen LogP contribution in [0, 0.1) is 11.3 Å². The van der Waals surface area contributed by atoms with Crippen molar-refractivity contribution in [1.82, 2.24) is 0 Å². The highest BCUT2D eigenvalue weighted by molar-refractivity contribution is 5.94. The Balaban J connectivity index is 1.98. The molecule has 1 heterocycles. The summed E-state index contributed by atoms with van der Waals surface area (Å²) in [6.07, 6.45) is 0.791. The Morgan fingerprint density at radius 1 is 1.28 bits per heavy atom. The molecule has 0 bridgehead atoms. The molecule has 0 aliphatic carbocycles. The summed E-state index contributed by atoms with van der Waals surface area (Å²) in [5.74, 6) is 0.805. The van der Waals surface area contributed by atoms with Crippen molar-refractivity contribution in [2.24, 2.45) is 0 Å². The Kier molecular flexibility index (Phi) is 4.62. The molecule has 128 valence electrons. The molecule has 3 rings (SSSR count). The van der Waals surface area contributed by atoms with E-state index in [1.54, 1.807) is 26.2 Å². The van der Waals surface area contributed by atoms with Crippen LogP contribution >= 0.6 is 0 Å². The van der Waals surface area contributed by atoms with Gasteiger partial charge in [0, 0.05) is 29.9 Å². The van der Waals surface area contributed by atoms with Gasteiger partial charge in [0.2, 0.25) is 5.91 Å². The summed E-state index contributed by atoms with van der Waals surface area (Å²) in [5, 5.41) is 12.5. The molecule has 0 unspecified atom stereocenters. The van der Waals surface area contributed by atoms with Gasteiger partial charge in [-0.2, -0.15) is 5.26 Å². The lowest BCUT2D eigenvalue weighted by Gasteiger charge is -2.39. The third-order valence-corrected chi connectivity index (χ3v) is 4.58. The number of nitriles is 1. The zero-order chi connectivity index (χ0) is 18.0. The third-order valence-electron chi connectivity index (χ3n) is 4.58. The van der Waals surface area contributed by atoms with E-state index in [9.17, 15) is 4.79 Å². The SMILES string of the molecule is COc1ccc2c(c1)[C@H](Nc1ccc(C#N)cc1)C[C@H](C)N2C(C)=O. The highest BCUT2D eigenvalue weighted by Gasteiger charge is 2.32. The molecule has 0 aromatic heterocycles. The first-order valence-electron chi connectivity index (χ1n) is 8.28. The Hall–Kier alpha value is -3.00. The predicted molar refractivity (Wildman–Crippen MR) is 97.8 cm³/mol. The van der Waals surface area contributed by atoms with Crippen LogP contribution in [0.15, 0.2) is 42.5 Å². The summed E-state index contributed by atoms with van der Waals surface area (Å²) >= 11 is 0. The molecule has 0 saturated heterocycles. The maximum absolute atomic E-state index is 12.1. The molecule has 2 atom stereocenters. The van der Waals surface area contributed by atoms with Gasteiger partial charge in [0.05, 0.1) is 24.8 Å². The van der Waals surface area contributed by atoms with Crippen LogP contribution in [-0.4, -0.2) is 19.1 Å². The minimum Gasteiger partial charge on any atom is -0.497 e. The third kappa shape index (κ3) is 3.29. The number of ether oxygens (including phenoxy) is 1. The fourth-order valence-corrected chi connectivity index (χ4v) is 3.43. The number of nitrogens with one attached hydrogen (secondary N) is 1. The van der Waals surface area contributed by atoms with Gasteiger partial charge in [-0.05, 0) is 55.8 Å². The number of hydrogen-bond donors (Lipinski definition) is 1. The summed E-state index contributed by atoms with van der Waals surface area (Å²) in [5.41, 5.74) is 3.53. The van der Waals surface area contributed by atoms with Crippen LogP contribution < -0.4 is 15.0 Å². The molecule has 1 amide bonds. The Bertz CT molecular complexity index is 824. The topological polar surface area (TPSA) is 65.4 Å². The van der Waals surface area contributed by atoms with Crippen molar-refractivity contribution in [1.29, 1.82) is 5.26 Å². The van der Waals surface area contributed by atoms with Gasteiger partial charge in [-0.3, -0.25) is 4.79 Å². The molecule has 0 spiro atoms. The van der Waals surface area contributed by atoms with Crippen LogP contribution in [0.5, 0.6) is 5.75 Å². The molecule has 1 aliphatic heterocycles. The molecule has 2 aromatic carbocycles. The maximum atomic E-state index is 12.1. The molecule has 1 aliphatic rings. The van der Waals surface area contributed by atoms with Crippen LogP contribution in [0.4, 0.5) is 11.4 Å². The fourth-order valence-electron chi connectivity index (χ4n) is 3.43. The van der Waals surface area contributed by atoms with Crippen LogP contribution in [-0.2, 0) is 4.79 Å². The molecular weight excluding hydrogens is 314 g/mol. The number of hydrogen-bond acceptors (Lipinski definition) is 4. The average molecular weight is 335 g/mol. The van der Waals surface area contributed by atoms with E-state index in [0.717, 1.165) is 29.1 Å². The van der Waals surface area contributed by atoms with Gasteiger partial charge in [0.1, 0.15) is 5.75 Å². The summed E-state index contributed by atoms with van der Waals surface area (Å²) in [7, 11) is 1.64. The van der Waals surface area contributed by atoms with Crippen molar-refractivity contribution >= 4 is 17.3 Å². The normalized spacial score (nSPS) is 18.9. The van der Waals surface area contributed by atoms with Gasteiger partial charge in [-0.15, -0.1) is 0 Å². The minimum atomic E-state index is 0.0377. The van der Waals surface area contributed by atoms with Crippen molar-refractivity contribution in [3.8, 4) is 11.8 Å². The molecule has 25 heavy (non-hydrogen) atoms. The standard InChI is InChI=1S/C20H21N3O2/c1-13-10-19(22-16-6-4-15(12-21)5-7-16)18-11-17(25-3)8-9-20(18)23(13)14(2)24/h4-9,11,13,19,22H,10H2,1-3H3/t13-,19+/m0/s1. The number of fused-ring (bicyclic) bond motifs is 1. The summed E-state index contributed by atoms with van der Waals surface area (Å²) in [6, 6.07) is 15.5. The molecule has 1 N–H and O–H groups in total. The first kappa shape index (κ1) is 16.8. The van der Waals surface area contributed by atoms with E-state index < -0.39 is 0 Å². The Labute approximate surface area is 147 Å². The number of carbonyl (C=O) groups excluding carboxylic acids is 1. The van der Waals surface area contributed by atoms with E-state index in [1.165, 1.54) is 0 Å². The first-order chi connectivity index (χ1) is 12.0. The molecule has 5 heteroatoms. The second kappa shape index (κ2) is 6.86. The van der Waals surface area contributed by atoms with Crippen LogP contribution in [0.25, 0.3) is 0 Å². The lowest BCUT2D eigenvalue weighted by molar-refractivity contribution is -0.117. The molecule has 0 fully saturated rings. The fraction of sp³-hybridized carbons (Fsp3) is 0.300. The highest BCUT2D eigenvalue weighted by Crippen LogP contribution is 2.40. The Morgan fingerprint density at radius 2 is 2.00 bits per heavy atom. The van der Waals surface area contributed by atoms with Crippen molar-refractivity contribution in [3.05, 3.63) is 53.6 Å². The number of anilines is 2. The number of amides is 1. The second-order valence-corrected chi connectivity index (χ2v) is 6.28. The largest absolute Gasteiger partial charge is 0.497 e. The molecular formula is C20H21N3O2. The lowest BCUT2D eigenvalue weighted by Crippen LogP contribution is -2.43. The molecule has 2 aromatic rings. The van der Waals surface area contributed by atoms with Crippen molar-refractivity contribution in [2.45, 2.75) is 32.4 Å². The number of rotatable bonds is 3. The van der Waals surface area contributed by atoms with Gasteiger partial charge in [-0.25, -0.2) is 0 Å². The van der Waals surface area contributed by atoms with E-state index in [4.69, 9.17) is 10.00 Å². The van der Waals surface area contributed by atoms with Gasteiger partial charge in [-0.1, -0.05) is 0 Å². The van der Waals surface area contributed by atoms with Crippen molar-refractivity contribution < 1.29 is 9.53 Å². The Morgan fingerprint density at radius 3 is 2.60 bits per heavy atom. The van der Waals surface area contributed by atoms with Gasteiger partial charge < -0.3 is 15.0 Å². The minimum absolute atomic E-state index is 0.0377. The summed E-state index contributed by atoms with van der Waals surface area (Å²) in [6.45, 7) is 3.65. The molecule has 0 saturated carbocycles. The van der Waals surface area contributed by atoms with E-state index in [2.05, 4.69) is 18.3 Å². The van der Waals surface area contributed by atoms with Crippen molar-refractivity contribution in [3.63, 3.8) is 0 Å². The van der Waals surface area contributed by atoms with Crippen LogP contribution in [0.2, 0.25) is 0 Å². The average Bonchev–Trinajstić information content (AvgIpc) is 2.61. The predicted octanol–water partition coefficient (Wildman–Crippen LogP) is 3.87. The van der Waals surface area contributed by atoms with Crippen LogP contribution in [0.1, 0.15) is 37.4 Å². The number of carbonyl (C=O) groups is 1. The highest BCUT2D eigenvalue weighted by atomic mass is 16.5. The first-order valence-corrected chi connectivity index (χ1v) is 8.28. The zero-order valence-corrected chi connectivity index (χ0v) is 14.6. The van der Waals surface area contributed by atoms with Gasteiger partial charge in [0.25, 0.3) is 0 Å². The quantitative estimate of drug-likeness (QED) is 0.925.